The van der Waals surface area contributed by atoms with E-state index in [2.05, 4.69) is 23.8 Å². The van der Waals surface area contributed by atoms with Crippen molar-refractivity contribution in [2.75, 3.05) is 0 Å². The second-order valence-electron chi connectivity index (χ2n) is 4.94. The van der Waals surface area contributed by atoms with Crippen molar-refractivity contribution in [1.82, 2.24) is 9.97 Å². The van der Waals surface area contributed by atoms with Gasteiger partial charge in [0.15, 0.2) is 11.3 Å². The standard InChI is InChI=1S/C15H13ClN2OS/c1-8(2)15-17-11(7-13(20)18-15)12-6-9-4-3-5-10(16)14(9)19-12/h3-8H,1-2H3,(H,17,18,20). The Hall–Kier alpha value is -1.65. The molecule has 3 nitrogen and oxygen atoms in total. The van der Waals surface area contributed by atoms with E-state index in [9.17, 15) is 0 Å². The fraction of sp³-hybridized carbons (Fsp3) is 0.200. The number of nitrogens with zero attached hydrogens (tertiary/aromatic N) is 1. The topological polar surface area (TPSA) is 41.8 Å². The summed E-state index contributed by atoms with van der Waals surface area (Å²) in [7, 11) is 0. The highest BCUT2D eigenvalue weighted by atomic mass is 35.5. The Morgan fingerprint density at radius 1 is 1.30 bits per heavy atom. The zero-order valence-corrected chi connectivity index (χ0v) is 12.7. The molecule has 3 aromatic rings. The van der Waals surface area contributed by atoms with Crippen LogP contribution in [0.2, 0.25) is 5.02 Å². The molecular formula is C15H13ClN2OS. The van der Waals surface area contributed by atoms with E-state index in [1.54, 1.807) is 6.07 Å². The van der Waals surface area contributed by atoms with Crippen molar-refractivity contribution in [3.63, 3.8) is 0 Å². The van der Waals surface area contributed by atoms with Gasteiger partial charge in [-0.05, 0) is 12.1 Å². The summed E-state index contributed by atoms with van der Waals surface area (Å²) >= 11 is 11.3. The summed E-state index contributed by atoms with van der Waals surface area (Å²) in [4.78, 5) is 7.59. The van der Waals surface area contributed by atoms with Crippen LogP contribution in [0.4, 0.5) is 0 Å². The van der Waals surface area contributed by atoms with Gasteiger partial charge in [0.05, 0.1) is 10.7 Å². The van der Waals surface area contributed by atoms with Crippen molar-refractivity contribution in [2.24, 2.45) is 0 Å². The van der Waals surface area contributed by atoms with Crippen LogP contribution in [-0.4, -0.2) is 9.97 Å². The third kappa shape index (κ3) is 2.37. The fourth-order valence-corrected chi connectivity index (χ4v) is 2.48. The van der Waals surface area contributed by atoms with Crippen LogP contribution in [0.3, 0.4) is 0 Å². The number of hydrogen-bond donors (Lipinski definition) is 1. The lowest BCUT2D eigenvalue weighted by atomic mass is 10.2. The summed E-state index contributed by atoms with van der Waals surface area (Å²) in [5.41, 5.74) is 1.51. The molecule has 0 aliphatic heterocycles. The lowest BCUT2D eigenvalue weighted by Crippen LogP contribution is -1.98. The van der Waals surface area contributed by atoms with Gasteiger partial charge < -0.3 is 9.40 Å². The van der Waals surface area contributed by atoms with Gasteiger partial charge in [-0.3, -0.25) is 0 Å². The van der Waals surface area contributed by atoms with Crippen molar-refractivity contribution < 1.29 is 4.42 Å². The van der Waals surface area contributed by atoms with Gasteiger partial charge in [0, 0.05) is 17.4 Å². The smallest absolute Gasteiger partial charge is 0.153 e. The molecular weight excluding hydrogens is 292 g/mol. The van der Waals surface area contributed by atoms with Crippen molar-refractivity contribution >= 4 is 34.8 Å². The number of halogens is 1. The maximum Gasteiger partial charge on any atom is 0.153 e. The van der Waals surface area contributed by atoms with Crippen molar-refractivity contribution in [1.29, 1.82) is 0 Å². The molecule has 20 heavy (non-hydrogen) atoms. The Morgan fingerprint density at radius 3 is 2.80 bits per heavy atom. The molecule has 1 aromatic carbocycles. The normalized spacial score (nSPS) is 11.4. The second kappa shape index (κ2) is 5.04. The molecule has 1 N–H and O–H groups in total. The first kappa shape index (κ1) is 13.3. The monoisotopic (exact) mass is 304 g/mol. The lowest BCUT2D eigenvalue weighted by Gasteiger charge is -2.06. The van der Waals surface area contributed by atoms with E-state index in [-0.39, 0.29) is 5.92 Å². The predicted octanol–water partition coefficient (Wildman–Crippen LogP) is 5.33. The Kier molecular flexibility index (Phi) is 3.36. The van der Waals surface area contributed by atoms with Crippen LogP contribution in [0.1, 0.15) is 25.6 Å². The molecule has 0 aliphatic rings. The number of H-pyrrole nitrogens is 1. The molecule has 0 fully saturated rings. The van der Waals surface area contributed by atoms with Crippen LogP contribution in [0, 0.1) is 4.64 Å². The molecule has 0 atom stereocenters. The van der Waals surface area contributed by atoms with Crippen molar-refractivity contribution in [3.05, 3.63) is 45.8 Å². The van der Waals surface area contributed by atoms with Crippen LogP contribution in [0.25, 0.3) is 22.4 Å². The van der Waals surface area contributed by atoms with E-state index in [0.717, 1.165) is 16.9 Å². The van der Waals surface area contributed by atoms with Crippen LogP contribution in [0.15, 0.2) is 34.7 Å². The summed E-state index contributed by atoms with van der Waals surface area (Å²) in [6.07, 6.45) is 0. The zero-order valence-electron chi connectivity index (χ0n) is 11.1. The van der Waals surface area contributed by atoms with Gasteiger partial charge in [-0.2, -0.15) is 0 Å². The number of benzene rings is 1. The number of para-hydroxylation sites is 1. The third-order valence-corrected chi connectivity index (χ3v) is 3.58. The maximum absolute atomic E-state index is 6.13. The predicted molar refractivity (Wildman–Crippen MR) is 83.7 cm³/mol. The summed E-state index contributed by atoms with van der Waals surface area (Å²) in [6.45, 7) is 4.12. The quantitative estimate of drug-likeness (QED) is 0.651. The summed E-state index contributed by atoms with van der Waals surface area (Å²) in [5, 5.41) is 1.57. The second-order valence-corrected chi connectivity index (χ2v) is 5.77. The number of fused-ring (bicyclic) bond motifs is 1. The highest BCUT2D eigenvalue weighted by Crippen LogP contribution is 2.31. The maximum atomic E-state index is 6.13. The molecule has 2 aromatic heterocycles. The molecule has 0 saturated heterocycles. The summed E-state index contributed by atoms with van der Waals surface area (Å²) < 4.78 is 6.39. The van der Waals surface area contributed by atoms with Crippen LogP contribution in [-0.2, 0) is 0 Å². The molecule has 5 heteroatoms. The highest BCUT2D eigenvalue weighted by molar-refractivity contribution is 7.71. The van der Waals surface area contributed by atoms with Gasteiger partial charge in [0.25, 0.3) is 0 Å². The van der Waals surface area contributed by atoms with E-state index in [1.165, 1.54) is 0 Å². The summed E-state index contributed by atoms with van der Waals surface area (Å²) in [6, 6.07) is 9.43. The molecule has 0 spiro atoms. The van der Waals surface area contributed by atoms with E-state index >= 15 is 0 Å². The number of aromatic nitrogens is 2. The first-order valence-electron chi connectivity index (χ1n) is 6.34. The molecule has 0 saturated carbocycles. The number of hydrogen-bond acceptors (Lipinski definition) is 3. The minimum absolute atomic E-state index is 0.268. The van der Waals surface area contributed by atoms with E-state index in [1.807, 2.05) is 24.3 Å². The first-order chi connectivity index (χ1) is 9.54. The van der Waals surface area contributed by atoms with Gasteiger partial charge in [0.2, 0.25) is 0 Å². The lowest BCUT2D eigenvalue weighted by molar-refractivity contribution is 0.626. The number of rotatable bonds is 2. The Labute approximate surface area is 126 Å². The Balaban J connectivity index is 2.20. The molecule has 0 radical (unpaired) electrons. The molecule has 0 amide bonds. The average molecular weight is 305 g/mol. The number of nitrogens with one attached hydrogen (secondary N) is 1. The van der Waals surface area contributed by atoms with E-state index < -0.39 is 0 Å². The van der Waals surface area contributed by atoms with Gasteiger partial charge >= 0.3 is 0 Å². The molecule has 0 bridgehead atoms. The SMILES string of the molecule is CC(C)c1nc(=S)cc(-c2cc3cccc(Cl)c3o2)[nH]1. The Bertz CT molecular complexity index is 835. The first-order valence-corrected chi connectivity index (χ1v) is 7.13. The Morgan fingerprint density at radius 2 is 2.10 bits per heavy atom. The highest BCUT2D eigenvalue weighted by Gasteiger charge is 2.11. The molecule has 3 rings (SSSR count). The summed E-state index contributed by atoms with van der Waals surface area (Å²) in [5.74, 6) is 1.83. The van der Waals surface area contributed by atoms with Gasteiger partial charge in [-0.15, -0.1) is 0 Å². The molecule has 0 unspecified atom stereocenters. The van der Waals surface area contributed by atoms with Crippen molar-refractivity contribution in [2.45, 2.75) is 19.8 Å². The number of aromatic amines is 1. The van der Waals surface area contributed by atoms with E-state index in [4.69, 9.17) is 28.2 Å². The van der Waals surface area contributed by atoms with Crippen LogP contribution >= 0.6 is 23.8 Å². The van der Waals surface area contributed by atoms with Crippen molar-refractivity contribution in [3.8, 4) is 11.5 Å². The van der Waals surface area contributed by atoms with Gasteiger partial charge in [-0.25, -0.2) is 4.98 Å². The molecule has 102 valence electrons. The van der Waals surface area contributed by atoms with Gasteiger partial charge in [-0.1, -0.05) is 49.8 Å². The van der Waals surface area contributed by atoms with E-state index in [0.29, 0.717) is 21.0 Å². The molecule has 0 aliphatic carbocycles. The minimum atomic E-state index is 0.268. The largest absolute Gasteiger partial charge is 0.453 e. The van der Waals surface area contributed by atoms with Crippen LogP contribution < -0.4 is 0 Å². The number of furan rings is 1. The minimum Gasteiger partial charge on any atom is -0.453 e. The fourth-order valence-electron chi connectivity index (χ4n) is 2.04. The molecule has 2 heterocycles. The average Bonchev–Trinajstić information content (AvgIpc) is 2.83. The van der Waals surface area contributed by atoms with Crippen LogP contribution in [0.5, 0.6) is 0 Å². The third-order valence-electron chi connectivity index (χ3n) is 3.07. The zero-order chi connectivity index (χ0) is 14.3. The van der Waals surface area contributed by atoms with Gasteiger partial charge in [0.1, 0.15) is 10.5 Å².